The zero-order chi connectivity index (χ0) is 10.8. The highest BCUT2D eigenvalue weighted by atomic mass is 32.2. The van der Waals surface area contributed by atoms with Gasteiger partial charge >= 0.3 is 0 Å². The fourth-order valence-electron chi connectivity index (χ4n) is 2.40. The van der Waals surface area contributed by atoms with Gasteiger partial charge in [-0.15, -0.1) is 0 Å². The van der Waals surface area contributed by atoms with E-state index in [9.17, 15) is 9.00 Å². The molecule has 3 atom stereocenters. The second-order valence-electron chi connectivity index (χ2n) is 5.16. The van der Waals surface area contributed by atoms with Crippen LogP contribution < -0.4 is 0 Å². The third-order valence-corrected chi connectivity index (χ3v) is 5.32. The first kappa shape index (κ1) is 11.3. The summed E-state index contributed by atoms with van der Waals surface area (Å²) in [5.74, 6) is 1.56. The third kappa shape index (κ3) is 3.13. The van der Waals surface area contributed by atoms with Crippen LogP contribution in [-0.2, 0) is 15.6 Å². The molecule has 2 aliphatic rings. The van der Waals surface area contributed by atoms with Gasteiger partial charge < -0.3 is 0 Å². The van der Waals surface area contributed by atoms with Crippen LogP contribution >= 0.6 is 0 Å². The normalized spacial score (nSPS) is 33.7. The summed E-state index contributed by atoms with van der Waals surface area (Å²) in [5.41, 5.74) is 0. The largest absolute Gasteiger partial charge is 0.298 e. The van der Waals surface area contributed by atoms with Crippen molar-refractivity contribution in [3.63, 3.8) is 0 Å². The van der Waals surface area contributed by atoms with Gasteiger partial charge in [-0.1, -0.05) is 19.8 Å². The minimum Gasteiger partial charge on any atom is -0.298 e. The predicted octanol–water partition coefficient (Wildman–Crippen LogP) is 2.29. The fraction of sp³-hybridized carbons (Fsp3) is 0.917. The summed E-state index contributed by atoms with van der Waals surface area (Å²) in [6, 6.07) is 0. The Balaban J connectivity index is 1.81. The van der Waals surface area contributed by atoms with E-state index in [4.69, 9.17) is 0 Å². The number of hydrogen-bond acceptors (Lipinski definition) is 2. The second-order valence-corrected chi connectivity index (χ2v) is 6.88. The molecule has 0 amide bonds. The molecule has 3 unspecified atom stereocenters. The maximum absolute atomic E-state index is 12.0. The van der Waals surface area contributed by atoms with Gasteiger partial charge in [0.05, 0.1) is 5.75 Å². The van der Waals surface area contributed by atoms with Crippen molar-refractivity contribution in [2.45, 2.75) is 50.7 Å². The van der Waals surface area contributed by atoms with Crippen molar-refractivity contribution in [1.29, 1.82) is 0 Å². The van der Waals surface area contributed by atoms with Gasteiger partial charge in [0, 0.05) is 22.0 Å². The van der Waals surface area contributed by atoms with E-state index in [2.05, 4.69) is 6.92 Å². The lowest BCUT2D eigenvalue weighted by Crippen LogP contribution is -2.27. The maximum Gasteiger partial charge on any atom is 0.148 e. The summed E-state index contributed by atoms with van der Waals surface area (Å²) < 4.78 is 12.0. The fourth-order valence-corrected chi connectivity index (χ4v) is 4.12. The molecule has 2 rings (SSSR count). The van der Waals surface area contributed by atoms with Gasteiger partial charge in [0.15, 0.2) is 0 Å². The van der Waals surface area contributed by atoms with Crippen LogP contribution in [-0.4, -0.2) is 21.0 Å². The molecule has 2 saturated carbocycles. The highest BCUT2D eigenvalue weighted by Gasteiger charge is 2.32. The van der Waals surface area contributed by atoms with Crippen LogP contribution in [0.2, 0.25) is 0 Å². The number of carbonyl (C=O) groups is 1. The molecule has 0 aromatic rings. The first-order valence-electron chi connectivity index (χ1n) is 6.06. The van der Waals surface area contributed by atoms with Crippen LogP contribution in [0.5, 0.6) is 0 Å². The lowest BCUT2D eigenvalue weighted by Gasteiger charge is -2.25. The summed E-state index contributed by atoms with van der Waals surface area (Å²) >= 11 is 0. The highest BCUT2D eigenvalue weighted by molar-refractivity contribution is 7.86. The van der Waals surface area contributed by atoms with E-state index in [0.29, 0.717) is 16.9 Å². The molecule has 2 nitrogen and oxygen atoms in total. The van der Waals surface area contributed by atoms with Gasteiger partial charge in [-0.3, -0.25) is 9.00 Å². The van der Waals surface area contributed by atoms with Crippen molar-refractivity contribution in [3.05, 3.63) is 0 Å². The minimum atomic E-state index is -0.887. The molecule has 86 valence electrons. The molecule has 0 aliphatic heterocycles. The Kier molecular flexibility index (Phi) is 3.60. The Bertz CT molecular complexity index is 271. The van der Waals surface area contributed by atoms with Gasteiger partial charge in [0.2, 0.25) is 0 Å². The molecule has 0 bridgehead atoms. The molecule has 15 heavy (non-hydrogen) atoms. The number of hydrogen-bond donors (Lipinski definition) is 0. The summed E-state index contributed by atoms with van der Waals surface area (Å²) in [6.07, 6.45) is 6.66. The lowest BCUT2D eigenvalue weighted by atomic mass is 9.91. The molecule has 0 aromatic carbocycles. The van der Waals surface area contributed by atoms with Crippen LogP contribution in [0.15, 0.2) is 0 Å². The summed E-state index contributed by atoms with van der Waals surface area (Å²) in [6.45, 7) is 2.23. The van der Waals surface area contributed by atoms with Crippen LogP contribution in [0.4, 0.5) is 0 Å². The van der Waals surface area contributed by atoms with E-state index < -0.39 is 10.8 Å². The van der Waals surface area contributed by atoms with Gasteiger partial charge in [0.25, 0.3) is 0 Å². The Morgan fingerprint density at radius 1 is 1.27 bits per heavy atom. The topological polar surface area (TPSA) is 34.1 Å². The number of ketones is 1. The molecule has 2 fully saturated rings. The van der Waals surface area contributed by atoms with Crippen molar-refractivity contribution in [2.24, 2.45) is 11.8 Å². The maximum atomic E-state index is 12.0. The molecular weight excluding hydrogens is 208 g/mol. The van der Waals surface area contributed by atoms with Gasteiger partial charge in [-0.05, 0) is 31.6 Å². The smallest absolute Gasteiger partial charge is 0.148 e. The molecule has 3 heteroatoms. The predicted molar refractivity (Wildman–Crippen MR) is 62.2 cm³/mol. The molecule has 0 spiro atoms. The zero-order valence-corrected chi connectivity index (χ0v) is 10.2. The van der Waals surface area contributed by atoms with Gasteiger partial charge in [-0.2, -0.15) is 0 Å². The summed E-state index contributed by atoms with van der Waals surface area (Å²) in [7, 11) is -0.887. The van der Waals surface area contributed by atoms with Crippen LogP contribution in [0.1, 0.15) is 45.4 Å². The molecule has 2 aliphatic carbocycles. The Hall–Kier alpha value is -0.180. The van der Waals surface area contributed by atoms with Crippen molar-refractivity contribution in [1.82, 2.24) is 0 Å². The Labute approximate surface area is 94.3 Å². The van der Waals surface area contributed by atoms with E-state index in [0.717, 1.165) is 25.7 Å². The van der Waals surface area contributed by atoms with Crippen LogP contribution in [0, 0.1) is 11.8 Å². The van der Waals surface area contributed by atoms with Crippen LogP contribution in [0.25, 0.3) is 0 Å². The monoisotopic (exact) mass is 228 g/mol. The molecule has 0 aromatic heterocycles. The lowest BCUT2D eigenvalue weighted by molar-refractivity contribution is -0.117. The summed E-state index contributed by atoms with van der Waals surface area (Å²) in [4.78, 5) is 11.5. The van der Waals surface area contributed by atoms with E-state index in [1.165, 1.54) is 12.8 Å². The zero-order valence-electron chi connectivity index (χ0n) is 9.41. The molecule has 0 saturated heterocycles. The highest BCUT2D eigenvalue weighted by Crippen LogP contribution is 2.31. The Morgan fingerprint density at radius 2 is 2.00 bits per heavy atom. The average Bonchev–Trinajstić information content (AvgIpc) is 3.00. The van der Waals surface area contributed by atoms with Crippen molar-refractivity contribution in [3.8, 4) is 0 Å². The average molecular weight is 228 g/mol. The van der Waals surface area contributed by atoms with E-state index in [-0.39, 0.29) is 11.7 Å². The van der Waals surface area contributed by atoms with E-state index >= 15 is 0 Å². The molecule has 0 N–H and O–H groups in total. The van der Waals surface area contributed by atoms with Crippen molar-refractivity contribution < 1.29 is 9.00 Å². The first-order chi connectivity index (χ1) is 7.16. The van der Waals surface area contributed by atoms with E-state index in [1.807, 2.05) is 0 Å². The second kappa shape index (κ2) is 4.77. The molecule has 0 heterocycles. The van der Waals surface area contributed by atoms with Gasteiger partial charge in [0.1, 0.15) is 5.78 Å². The first-order valence-corrected chi connectivity index (χ1v) is 7.45. The SMILES string of the molecule is CC1CCCC(S(=O)CC(=O)C2CC2)C1. The third-order valence-electron chi connectivity index (χ3n) is 3.58. The number of Topliss-reactive ketones (excluding diaryl/α,β-unsaturated/α-hetero) is 1. The van der Waals surface area contributed by atoms with E-state index in [1.54, 1.807) is 0 Å². The Morgan fingerprint density at radius 3 is 2.60 bits per heavy atom. The quantitative estimate of drug-likeness (QED) is 0.740. The van der Waals surface area contributed by atoms with Gasteiger partial charge in [-0.25, -0.2) is 0 Å². The molecular formula is C12H20O2S. The number of carbonyl (C=O) groups excluding carboxylic acids is 1. The number of rotatable bonds is 4. The van der Waals surface area contributed by atoms with Crippen LogP contribution in [0.3, 0.4) is 0 Å². The van der Waals surface area contributed by atoms with Crippen molar-refractivity contribution >= 4 is 16.6 Å². The molecule has 0 radical (unpaired) electrons. The minimum absolute atomic E-state index is 0.256. The van der Waals surface area contributed by atoms with Crippen molar-refractivity contribution in [2.75, 3.05) is 5.75 Å². The summed E-state index contributed by atoms with van der Waals surface area (Å²) in [5, 5.41) is 0.302. The standard InChI is InChI=1S/C12H20O2S/c1-9-3-2-4-11(7-9)15(14)8-12(13)10-5-6-10/h9-11H,2-8H2,1H3.